The Balaban J connectivity index is 3.42. The first-order valence-electron chi connectivity index (χ1n) is 5.95. The fourth-order valence-electron chi connectivity index (χ4n) is 1.62. The number of hydrogen-bond donors (Lipinski definition) is 1. The summed E-state index contributed by atoms with van der Waals surface area (Å²) in [6.45, 7) is 1.61. The van der Waals surface area contributed by atoms with Crippen molar-refractivity contribution in [1.82, 2.24) is 4.31 Å². The number of primary amides is 1. The number of halogens is 1. The van der Waals surface area contributed by atoms with Crippen LogP contribution in [0.5, 0.6) is 0 Å². The number of carbonyl (C=O) groups is 2. The van der Waals surface area contributed by atoms with Gasteiger partial charge in [-0.15, -0.1) is 0 Å². The van der Waals surface area contributed by atoms with Crippen LogP contribution in [0.15, 0.2) is 23.1 Å². The Morgan fingerprint density at radius 2 is 2.00 bits per heavy atom. The van der Waals surface area contributed by atoms with Gasteiger partial charge in [0, 0.05) is 6.54 Å². The average Bonchev–Trinajstić information content (AvgIpc) is 2.43. The summed E-state index contributed by atoms with van der Waals surface area (Å²) in [4.78, 5) is 22.4. The maximum Gasteiger partial charge on any atom is 0.337 e. The molecule has 0 fully saturated rings. The smallest absolute Gasteiger partial charge is 0.337 e. The van der Waals surface area contributed by atoms with Crippen LogP contribution in [-0.2, 0) is 14.8 Å². The highest BCUT2D eigenvalue weighted by Gasteiger charge is 2.29. The van der Waals surface area contributed by atoms with Crippen molar-refractivity contribution >= 4 is 33.6 Å². The first kappa shape index (κ1) is 17.3. The number of nitrogens with zero attached hydrogens (tertiary/aromatic N) is 1. The molecule has 116 valence electrons. The molecule has 7 nitrogen and oxygen atoms in total. The molecule has 0 atom stereocenters. The minimum absolute atomic E-state index is 0.00129. The number of hydrogen-bond acceptors (Lipinski definition) is 5. The van der Waals surface area contributed by atoms with Gasteiger partial charge in [-0.2, -0.15) is 0 Å². The second-order valence-electron chi connectivity index (χ2n) is 4.05. The third-order valence-electron chi connectivity index (χ3n) is 2.59. The summed E-state index contributed by atoms with van der Waals surface area (Å²) in [5, 5.41) is -0.120. The summed E-state index contributed by atoms with van der Waals surface area (Å²) in [6, 6.07) is 2.50. The van der Waals surface area contributed by atoms with Crippen molar-refractivity contribution in [1.29, 1.82) is 0 Å². The molecular formula is C12H15ClN2O5S. The van der Waals surface area contributed by atoms with Gasteiger partial charge in [-0.1, -0.05) is 18.5 Å². The lowest BCUT2D eigenvalue weighted by Gasteiger charge is -2.20. The van der Waals surface area contributed by atoms with Gasteiger partial charge in [0.05, 0.1) is 17.7 Å². The highest BCUT2D eigenvalue weighted by molar-refractivity contribution is 7.89. The summed E-state index contributed by atoms with van der Waals surface area (Å²) in [6.07, 6.45) is 0.385. The van der Waals surface area contributed by atoms with E-state index in [-0.39, 0.29) is 22.0 Å². The Kier molecular flexibility index (Phi) is 5.56. The molecule has 0 spiro atoms. The van der Waals surface area contributed by atoms with Crippen LogP contribution in [-0.4, -0.2) is 38.4 Å². The molecule has 1 aromatic carbocycles. The van der Waals surface area contributed by atoms with Crippen LogP contribution in [0.1, 0.15) is 23.7 Å². The number of carbonyl (C=O) groups excluding carboxylic acids is 2. The Hall–Kier alpha value is -1.80. The monoisotopic (exact) mass is 334 g/mol. The number of sulfonamides is 1. The maximum absolute atomic E-state index is 12.4. The molecule has 9 heteroatoms. The minimum atomic E-state index is -4.24. The van der Waals surface area contributed by atoms with Crippen molar-refractivity contribution in [3.8, 4) is 0 Å². The number of methoxy groups -OCH3 is 1. The standard InChI is InChI=1S/C12H15ClN2O5S/c1-3-6-15(12(14)17)21(18,19)10-7-8(11(16)20-2)4-5-9(10)13/h4-5,7H,3,6H2,1-2H3,(H2,14,17). The molecule has 0 aliphatic rings. The van der Waals surface area contributed by atoms with Gasteiger partial charge in [0.25, 0.3) is 10.0 Å². The second kappa shape index (κ2) is 6.77. The predicted octanol–water partition coefficient (Wildman–Crippen LogP) is 1.61. The van der Waals surface area contributed by atoms with Crippen molar-refractivity contribution in [3.63, 3.8) is 0 Å². The fraction of sp³-hybridized carbons (Fsp3) is 0.333. The molecule has 21 heavy (non-hydrogen) atoms. The van der Waals surface area contributed by atoms with Gasteiger partial charge < -0.3 is 10.5 Å². The maximum atomic E-state index is 12.4. The van der Waals surface area contributed by atoms with E-state index in [0.717, 1.165) is 13.2 Å². The molecule has 2 N–H and O–H groups in total. The van der Waals surface area contributed by atoms with E-state index < -0.39 is 22.0 Å². The van der Waals surface area contributed by atoms with Crippen LogP contribution in [0.3, 0.4) is 0 Å². The van der Waals surface area contributed by atoms with Crippen LogP contribution in [0, 0.1) is 0 Å². The summed E-state index contributed by atoms with van der Waals surface area (Å²) >= 11 is 5.87. The van der Waals surface area contributed by atoms with Gasteiger partial charge in [-0.05, 0) is 24.6 Å². The number of rotatable bonds is 5. The molecule has 0 radical (unpaired) electrons. The average molecular weight is 335 g/mol. The number of urea groups is 1. The SMILES string of the molecule is CCCN(C(N)=O)S(=O)(=O)c1cc(C(=O)OC)ccc1Cl. The molecule has 0 heterocycles. The Bertz CT molecular complexity index is 660. The van der Waals surface area contributed by atoms with Crippen LogP contribution in [0.25, 0.3) is 0 Å². The van der Waals surface area contributed by atoms with Gasteiger partial charge in [-0.25, -0.2) is 22.3 Å². The fourth-order valence-corrected chi connectivity index (χ4v) is 3.51. The quantitative estimate of drug-likeness (QED) is 0.823. The third kappa shape index (κ3) is 3.64. The molecule has 1 aromatic rings. The van der Waals surface area contributed by atoms with E-state index in [1.165, 1.54) is 12.1 Å². The lowest BCUT2D eigenvalue weighted by Crippen LogP contribution is -2.41. The molecular weight excluding hydrogens is 320 g/mol. The van der Waals surface area contributed by atoms with Crippen LogP contribution in [0.4, 0.5) is 4.79 Å². The number of ether oxygens (including phenoxy) is 1. The van der Waals surface area contributed by atoms with E-state index in [4.69, 9.17) is 17.3 Å². The highest BCUT2D eigenvalue weighted by Crippen LogP contribution is 2.26. The van der Waals surface area contributed by atoms with Gasteiger partial charge >= 0.3 is 12.0 Å². The zero-order valence-corrected chi connectivity index (χ0v) is 13.1. The first-order valence-corrected chi connectivity index (χ1v) is 7.77. The van der Waals surface area contributed by atoms with Crippen LogP contribution >= 0.6 is 11.6 Å². The van der Waals surface area contributed by atoms with E-state index in [9.17, 15) is 18.0 Å². The van der Waals surface area contributed by atoms with Crippen molar-refractivity contribution in [2.24, 2.45) is 5.73 Å². The van der Waals surface area contributed by atoms with Crippen molar-refractivity contribution in [2.75, 3.05) is 13.7 Å². The summed E-state index contributed by atoms with van der Waals surface area (Å²) in [7, 11) is -3.07. The van der Waals surface area contributed by atoms with E-state index in [1.807, 2.05) is 0 Å². The Morgan fingerprint density at radius 3 is 2.48 bits per heavy atom. The summed E-state index contributed by atoms with van der Waals surface area (Å²) < 4.78 is 29.9. The van der Waals surface area contributed by atoms with Crippen LogP contribution < -0.4 is 5.73 Å². The minimum Gasteiger partial charge on any atom is -0.465 e. The summed E-state index contributed by atoms with van der Waals surface area (Å²) in [5.41, 5.74) is 5.09. The van der Waals surface area contributed by atoms with E-state index in [1.54, 1.807) is 6.92 Å². The molecule has 0 bridgehead atoms. The Labute approximate surface area is 127 Å². The normalized spacial score (nSPS) is 11.0. The molecule has 0 saturated heterocycles. The van der Waals surface area contributed by atoms with Gasteiger partial charge in [0.2, 0.25) is 0 Å². The van der Waals surface area contributed by atoms with Gasteiger partial charge in [-0.3, -0.25) is 0 Å². The van der Waals surface area contributed by atoms with Crippen molar-refractivity contribution < 1.29 is 22.7 Å². The number of nitrogens with two attached hydrogens (primary N) is 1. The molecule has 0 unspecified atom stereocenters. The number of amides is 2. The molecule has 2 amide bonds. The predicted molar refractivity (Wildman–Crippen MR) is 76.6 cm³/mol. The van der Waals surface area contributed by atoms with E-state index in [2.05, 4.69) is 4.74 Å². The Morgan fingerprint density at radius 1 is 1.38 bits per heavy atom. The lowest BCUT2D eigenvalue weighted by atomic mass is 10.2. The number of benzene rings is 1. The topological polar surface area (TPSA) is 107 Å². The molecule has 1 rings (SSSR count). The molecule has 0 aliphatic carbocycles. The zero-order valence-electron chi connectivity index (χ0n) is 11.5. The molecule has 0 saturated carbocycles. The van der Waals surface area contributed by atoms with Crippen LogP contribution in [0.2, 0.25) is 5.02 Å². The second-order valence-corrected chi connectivity index (χ2v) is 6.29. The van der Waals surface area contributed by atoms with Gasteiger partial charge in [0.1, 0.15) is 4.90 Å². The largest absolute Gasteiger partial charge is 0.465 e. The van der Waals surface area contributed by atoms with Crippen molar-refractivity contribution in [3.05, 3.63) is 28.8 Å². The molecule has 0 aromatic heterocycles. The van der Waals surface area contributed by atoms with Gasteiger partial charge in [0.15, 0.2) is 0 Å². The molecule has 0 aliphatic heterocycles. The zero-order chi connectivity index (χ0) is 16.2. The first-order chi connectivity index (χ1) is 9.75. The lowest BCUT2D eigenvalue weighted by molar-refractivity contribution is 0.0600. The number of esters is 1. The summed E-state index contributed by atoms with van der Waals surface area (Å²) in [5.74, 6) is -0.718. The van der Waals surface area contributed by atoms with E-state index >= 15 is 0 Å². The van der Waals surface area contributed by atoms with E-state index in [0.29, 0.717) is 10.7 Å². The third-order valence-corrected chi connectivity index (χ3v) is 4.87. The van der Waals surface area contributed by atoms with Crippen molar-refractivity contribution in [2.45, 2.75) is 18.2 Å². The highest BCUT2D eigenvalue weighted by atomic mass is 35.5.